The molecule has 1 atom stereocenters. The number of carbonyl (C=O) groups excluding carboxylic acids is 4. The van der Waals surface area contributed by atoms with Crippen molar-refractivity contribution in [2.24, 2.45) is 5.41 Å². The fraction of sp³-hybridized carbons (Fsp3) is 0.321. The topological polar surface area (TPSA) is 85.7 Å². The second kappa shape index (κ2) is 10.6. The second-order valence-corrected chi connectivity index (χ2v) is 11.5. The average molecular weight is 537 g/mol. The Hall–Kier alpha value is -3.30. The normalized spacial score (nSPS) is 14.1. The van der Waals surface area contributed by atoms with Gasteiger partial charge < -0.3 is 4.74 Å². The molecule has 192 valence electrons. The van der Waals surface area contributed by atoms with E-state index in [1.54, 1.807) is 54.1 Å². The minimum Gasteiger partial charge on any atom is -0.479 e. The van der Waals surface area contributed by atoms with E-state index in [1.165, 1.54) is 4.90 Å². The van der Waals surface area contributed by atoms with Crippen molar-refractivity contribution in [1.29, 1.82) is 0 Å². The van der Waals surface area contributed by atoms with Gasteiger partial charge in [0.15, 0.2) is 5.78 Å². The van der Waals surface area contributed by atoms with E-state index < -0.39 is 22.6 Å². The molecule has 1 aliphatic heterocycles. The summed E-state index contributed by atoms with van der Waals surface area (Å²) >= 11 is 6.37. The maximum Gasteiger partial charge on any atom is 0.262 e. The highest BCUT2D eigenvalue weighted by Gasteiger charge is 2.40. The van der Waals surface area contributed by atoms with Crippen LogP contribution in [-0.2, 0) is 4.74 Å². The van der Waals surface area contributed by atoms with Gasteiger partial charge in [0.1, 0.15) is 0 Å². The molecule has 0 bridgehead atoms. The van der Waals surface area contributed by atoms with Gasteiger partial charge in [-0.15, -0.1) is 0 Å². The zero-order chi connectivity index (χ0) is 26.9. The van der Waals surface area contributed by atoms with Gasteiger partial charge in [-0.3, -0.25) is 28.6 Å². The Morgan fingerprint density at radius 3 is 2.27 bits per heavy atom. The minimum atomic E-state index is -0.703. The number of carbonyl (C=O) groups is 4. The standard InChI is InChI=1S/C28H28N2O5S2/c1-5-35-27(36)37-23(30-24(32)19-8-6-7-9-20(19)25(30)33)13-12-22(31)18-11-10-17-14-15-29(21(17)16-18)26(34)28(2,3)4/h6-11,14-16,23H,5,12-13H2,1-4H3. The maximum absolute atomic E-state index is 13.2. The molecular formula is C28H28N2O5S2. The van der Waals surface area contributed by atoms with Crippen LogP contribution in [0.4, 0.5) is 0 Å². The van der Waals surface area contributed by atoms with Crippen LogP contribution in [-0.4, -0.2) is 49.3 Å². The van der Waals surface area contributed by atoms with E-state index in [0.29, 0.717) is 28.8 Å². The number of hydrogen-bond donors (Lipinski definition) is 0. The highest BCUT2D eigenvalue weighted by Crippen LogP contribution is 2.32. The Balaban J connectivity index is 1.57. The van der Waals surface area contributed by atoms with Gasteiger partial charge in [-0.1, -0.05) is 56.8 Å². The lowest BCUT2D eigenvalue weighted by molar-refractivity contribution is 0.0627. The highest BCUT2D eigenvalue weighted by molar-refractivity contribution is 8.23. The zero-order valence-electron chi connectivity index (χ0n) is 21.1. The van der Waals surface area contributed by atoms with Crippen molar-refractivity contribution in [1.82, 2.24) is 9.47 Å². The van der Waals surface area contributed by atoms with Crippen LogP contribution in [0.1, 0.15) is 76.4 Å². The van der Waals surface area contributed by atoms with Crippen molar-refractivity contribution in [3.05, 3.63) is 71.4 Å². The lowest BCUT2D eigenvalue weighted by Gasteiger charge is -2.25. The molecule has 2 amide bonds. The summed E-state index contributed by atoms with van der Waals surface area (Å²) in [5.74, 6) is -1.06. The first-order valence-electron chi connectivity index (χ1n) is 12.0. The first-order valence-corrected chi connectivity index (χ1v) is 13.3. The van der Waals surface area contributed by atoms with E-state index in [1.807, 2.05) is 32.9 Å². The van der Waals surface area contributed by atoms with E-state index in [9.17, 15) is 19.2 Å². The van der Waals surface area contributed by atoms with E-state index >= 15 is 0 Å². The molecule has 37 heavy (non-hydrogen) atoms. The Kier molecular flexibility index (Phi) is 7.66. The van der Waals surface area contributed by atoms with Crippen molar-refractivity contribution < 1.29 is 23.9 Å². The molecule has 3 aromatic rings. The average Bonchev–Trinajstić information content (AvgIpc) is 3.39. The number of imide groups is 1. The largest absolute Gasteiger partial charge is 0.479 e. The second-order valence-electron chi connectivity index (χ2n) is 9.76. The summed E-state index contributed by atoms with van der Waals surface area (Å²) in [6, 6.07) is 13.8. The number of ketones is 1. The van der Waals surface area contributed by atoms with Crippen LogP contribution in [0.5, 0.6) is 0 Å². The van der Waals surface area contributed by atoms with Gasteiger partial charge in [-0.2, -0.15) is 0 Å². The van der Waals surface area contributed by atoms with Crippen molar-refractivity contribution in [2.75, 3.05) is 6.61 Å². The smallest absolute Gasteiger partial charge is 0.262 e. The molecule has 1 unspecified atom stereocenters. The molecule has 7 nitrogen and oxygen atoms in total. The molecule has 0 fully saturated rings. The van der Waals surface area contributed by atoms with Crippen LogP contribution in [0.15, 0.2) is 54.7 Å². The molecule has 0 radical (unpaired) electrons. The molecule has 2 heterocycles. The third-order valence-corrected chi connectivity index (χ3v) is 7.54. The van der Waals surface area contributed by atoms with E-state index in [-0.39, 0.29) is 28.9 Å². The summed E-state index contributed by atoms with van der Waals surface area (Å²) in [4.78, 5) is 53.5. The van der Waals surface area contributed by atoms with Crippen molar-refractivity contribution >= 4 is 62.8 Å². The van der Waals surface area contributed by atoms with Crippen molar-refractivity contribution in [2.45, 2.75) is 45.9 Å². The third-order valence-electron chi connectivity index (χ3n) is 6.10. The number of benzene rings is 2. The number of ether oxygens (including phenoxy) is 1. The first kappa shape index (κ1) is 26.8. The number of aromatic nitrogens is 1. The SMILES string of the molecule is CCOC(=S)SC(CCC(=O)c1ccc2ccn(C(=O)C(C)(C)C)c2c1)N1C(=O)c2ccccc2C1=O. The lowest BCUT2D eigenvalue weighted by Crippen LogP contribution is -2.39. The Bertz CT molecular complexity index is 1380. The Morgan fingerprint density at radius 2 is 1.68 bits per heavy atom. The summed E-state index contributed by atoms with van der Waals surface area (Å²) in [6.07, 6.45) is 1.98. The van der Waals surface area contributed by atoms with Gasteiger partial charge in [0.05, 0.1) is 28.6 Å². The van der Waals surface area contributed by atoms with Gasteiger partial charge in [0.25, 0.3) is 11.8 Å². The number of Topliss-reactive ketones (excluding diaryl/α,β-unsaturated/α-hetero) is 1. The van der Waals surface area contributed by atoms with Crippen LogP contribution in [0.2, 0.25) is 0 Å². The maximum atomic E-state index is 13.2. The molecule has 0 saturated carbocycles. The predicted octanol–water partition coefficient (Wildman–Crippen LogP) is 5.97. The van der Waals surface area contributed by atoms with Crippen LogP contribution in [0, 0.1) is 5.41 Å². The quantitative estimate of drug-likeness (QED) is 0.209. The van der Waals surface area contributed by atoms with Gasteiger partial charge in [-0.05, 0) is 49.8 Å². The summed E-state index contributed by atoms with van der Waals surface area (Å²) in [5.41, 5.74) is 1.20. The van der Waals surface area contributed by atoms with E-state index in [2.05, 4.69) is 0 Å². The first-order chi connectivity index (χ1) is 17.5. The number of nitrogens with zero attached hydrogens (tertiary/aromatic N) is 2. The number of fused-ring (bicyclic) bond motifs is 2. The third kappa shape index (κ3) is 5.38. The van der Waals surface area contributed by atoms with Crippen molar-refractivity contribution in [3.63, 3.8) is 0 Å². The molecule has 1 aliphatic rings. The summed E-state index contributed by atoms with van der Waals surface area (Å²) in [5, 5.41) is 0.154. The lowest BCUT2D eigenvalue weighted by atomic mass is 9.95. The Morgan fingerprint density at radius 1 is 1.03 bits per heavy atom. The Labute approximate surface area is 225 Å². The zero-order valence-corrected chi connectivity index (χ0v) is 22.8. The number of thiocarbonyl (C=S) groups is 1. The van der Waals surface area contributed by atoms with Crippen LogP contribution >= 0.6 is 24.0 Å². The predicted molar refractivity (Wildman–Crippen MR) is 148 cm³/mol. The number of amides is 2. The van der Waals surface area contributed by atoms with E-state index in [4.69, 9.17) is 17.0 Å². The molecule has 2 aromatic carbocycles. The van der Waals surface area contributed by atoms with Crippen molar-refractivity contribution in [3.8, 4) is 0 Å². The van der Waals surface area contributed by atoms with Crippen LogP contribution in [0.25, 0.3) is 10.9 Å². The molecule has 9 heteroatoms. The monoisotopic (exact) mass is 536 g/mol. The van der Waals surface area contributed by atoms with Gasteiger partial charge in [0, 0.05) is 29.0 Å². The summed E-state index contributed by atoms with van der Waals surface area (Å²) in [7, 11) is 0. The fourth-order valence-corrected chi connectivity index (χ4v) is 5.60. The van der Waals surface area contributed by atoms with E-state index in [0.717, 1.165) is 17.1 Å². The molecule has 0 spiro atoms. The van der Waals surface area contributed by atoms with Crippen LogP contribution in [0.3, 0.4) is 0 Å². The summed E-state index contributed by atoms with van der Waals surface area (Å²) < 4.78 is 7.18. The number of hydrogen-bond acceptors (Lipinski definition) is 7. The number of thioether (sulfide) groups is 1. The van der Waals surface area contributed by atoms with Gasteiger partial charge in [-0.25, -0.2) is 0 Å². The molecule has 0 saturated heterocycles. The highest BCUT2D eigenvalue weighted by atomic mass is 32.2. The van der Waals surface area contributed by atoms with Crippen LogP contribution < -0.4 is 0 Å². The van der Waals surface area contributed by atoms with Gasteiger partial charge >= 0.3 is 0 Å². The molecule has 4 rings (SSSR count). The molecule has 0 N–H and O–H groups in total. The molecule has 1 aromatic heterocycles. The fourth-order valence-electron chi connectivity index (χ4n) is 4.21. The minimum absolute atomic E-state index is 0.0687. The molecular weight excluding hydrogens is 508 g/mol. The summed E-state index contributed by atoms with van der Waals surface area (Å²) in [6.45, 7) is 7.69. The van der Waals surface area contributed by atoms with Gasteiger partial charge in [0.2, 0.25) is 10.3 Å². The molecule has 0 aliphatic carbocycles. The number of rotatable bonds is 7.